The molecule has 0 bridgehead atoms. The van der Waals surface area contributed by atoms with Gasteiger partial charge in [0.2, 0.25) is 0 Å². The summed E-state index contributed by atoms with van der Waals surface area (Å²) < 4.78 is 13.0. The molecule has 0 saturated heterocycles. The summed E-state index contributed by atoms with van der Waals surface area (Å²) >= 11 is 0. The summed E-state index contributed by atoms with van der Waals surface area (Å²) in [4.78, 5) is 14.7. The van der Waals surface area contributed by atoms with E-state index >= 15 is 0 Å². The summed E-state index contributed by atoms with van der Waals surface area (Å²) in [6, 6.07) is 6.83. The van der Waals surface area contributed by atoms with Crippen LogP contribution in [-0.2, 0) is 0 Å². The van der Waals surface area contributed by atoms with E-state index in [1.807, 2.05) is 0 Å². The van der Waals surface area contributed by atoms with Crippen LogP contribution in [0.3, 0.4) is 0 Å². The monoisotopic (exact) mass is 233 g/mol. The lowest BCUT2D eigenvalue weighted by Gasteiger charge is -2.04. The van der Waals surface area contributed by atoms with E-state index in [1.165, 1.54) is 24.3 Å². The minimum atomic E-state index is -1.26. The average Bonchev–Trinajstić information content (AvgIpc) is 2.29. The molecule has 0 radical (unpaired) electrons. The molecule has 86 valence electrons. The molecule has 0 aliphatic carbocycles. The summed E-state index contributed by atoms with van der Waals surface area (Å²) in [5.74, 6) is -2.12. The van der Waals surface area contributed by atoms with Crippen LogP contribution in [0.5, 0.6) is 5.75 Å². The van der Waals surface area contributed by atoms with Crippen molar-refractivity contribution in [2.24, 2.45) is 0 Å². The quantitative estimate of drug-likeness (QED) is 0.834. The number of aromatic hydroxyl groups is 1. The Bertz CT molecular complexity index is 584. The van der Waals surface area contributed by atoms with E-state index in [-0.39, 0.29) is 5.56 Å². The Morgan fingerprint density at radius 2 is 2.06 bits per heavy atom. The van der Waals surface area contributed by atoms with E-state index in [2.05, 4.69) is 4.98 Å². The maximum Gasteiger partial charge on any atom is 0.339 e. The fraction of sp³-hybridized carbons (Fsp3) is 0. The van der Waals surface area contributed by atoms with E-state index < -0.39 is 17.5 Å². The molecule has 0 aliphatic rings. The van der Waals surface area contributed by atoms with Gasteiger partial charge in [-0.3, -0.25) is 4.98 Å². The average molecular weight is 233 g/mol. The molecule has 0 unspecified atom stereocenters. The Kier molecular flexibility index (Phi) is 2.74. The molecule has 17 heavy (non-hydrogen) atoms. The Labute approximate surface area is 96.0 Å². The molecule has 1 heterocycles. The second kappa shape index (κ2) is 4.21. The molecule has 2 aromatic rings. The van der Waals surface area contributed by atoms with E-state index in [0.717, 1.165) is 6.20 Å². The predicted molar refractivity (Wildman–Crippen MR) is 58.3 cm³/mol. The maximum atomic E-state index is 13.0. The van der Waals surface area contributed by atoms with Crippen LogP contribution in [0.25, 0.3) is 11.3 Å². The van der Waals surface area contributed by atoms with Gasteiger partial charge in [0.15, 0.2) is 0 Å². The van der Waals surface area contributed by atoms with Crippen molar-refractivity contribution < 1.29 is 19.4 Å². The van der Waals surface area contributed by atoms with E-state index in [1.54, 1.807) is 6.07 Å². The van der Waals surface area contributed by atoms with Gasteiger partial charge in [-0.1, -0.05) is 12.1 Å². The van der Waals surface area contributed by atoms with E-state index in [0.29, 0.717) is 11.3 Å². The molecule has 5 heteroatoms. The number of hydrogen-bond acceptors (Lipinski definition) is 3. The highest BCUT2D eigenvalue weighted by Crippen LogP contribution is 2.23. The first-order chi connectivity index (χ1) is 8.08. The molecule has 1 aromatic carbocycles. The number of benzene rings is 1. The molecule has 1 aromatic heterocycles. The van der Waals surface area contributed by atoms with Crippen LogP contribution in [0.2, 0.25) is 0 Å². The van der Waals surface area contributed by atoms with Gasteiger partial charge in [-0.2, -0.15) is 0 Å². The van der Waals surface area contributed by atoms with Crippen molar-refractivity contribution >= 4 is 5.97 Å². The van der Waals surface area contributed by atoms with Gasteiger partial charge in [0.05, 0.1) is 11.9 Å². The number of halogens is 1. The third kappa shape index (κ3) is 2.23. The first-order valence-corrected chi connectivity index (χ1v) is 4.76. The summed E-state index contributed by atoms with van der Waals surface area (Å²) in [6.07, 6.45) is 1.03. The van der Waals surface area contributed by atoms with Gasteiger partial charge in [-0.15, -0.1) is 0 Å². The summed E-state index contributed by atoms with van der Waals surface area (Å²) in [6.45, 7) is 0. The second-order valence-electron chi connectivity index (χ2n) is 3.40. The van der Waals surface area contributed by atoms with Crippen LogP contribution < -0.4 is 0 Å². The molecule has 2 N–H and O–H groups in total. The van der Waals surface area contributed by atoms with Crippen LogP contribution in [0.1, 0.15) is 10.4 Å². The summed E-state index contributed by atoms with van der Waals surface area (Å²) in [5, 5.41) is 18.1. The molecule has 0 aliphatic heterocycles. The smallest absolute Gasteiger partial charge is 0.339 e. The zero-order chi connectivity index (χ0) is 12.4. The molecule has 2 rings (SSSR count). The van der Waals surface area contributed by atoms with Gasteiger partial charge < -0.3 is 10.2 Å². The summed E-state index contributed by atoms with van der Waals surface area (Å²) in [7, 11) is 0. The minimum Gasteiger partial charge on any atom is -0.505 e. The molecule has 0 amide bonds. The molecule has 0 atom stereocenters. The number of pyridine rings is 1. The molecule has 0 spiro atoms. The van der Waals surface area contributed by atoms with Crippen LogP contribution in [-0.4, -0.2) is 21.2 Å². The van der Waals surface area contributed by atoms with Crippen molar-refractivity contribution in [3.05, 3.63) is 47.9 Å². The minimum absolute atomic E-state index is 0.265. The van der Waals surface area contributed by atoms with Crippen molar-refractivity contribution in [1.82, 2.24) is 4.98 Å². The second-order valence-corrected chi connectivity index (χ2v) is 3.40. The van der Waals surface area contributed by atoms with Gasteiger partial charge in [-0.25, -0.2) is 9.18 Å². The van der Waals surface area contributed by atoms with Crippen molar-refractivity contribution in [3.8, 4) is 17.0 Å². The number of carboxylic acid groups (broad SMARTS) is 1. The first kappa shape index (κ1) is 11.1. The van der Waals surface area contributed by atoms with Crippen molar-refractivity contribution in [1.29, 1.82) is 0 Å². The maximum absolute atomic E-state index is 13.0. The lowest BCUT2D eigenvalue weighted by molar-refractivity contribution is 0.0693. The van der Waals surface area contributed by atoms with Crippen LogP contribution >= 0.6 is 0 Å². The fourth-order valence-electron chi connectivity index (χ4n) is 1.43. The Balaban J connectivity index is 2.54. The van der Waals surface area contributed by atoms with Gasteiger partial charge in [0.25, 0.3) is 0 Å². The number of aromatic carboxylic acids is 1. The molecule has 0 fully saturated rings. The van der Waals surface area contributed by atoms with E-state index in [9.17, 15) is 14.3 Å². The zero-order valence-electron chi connectivity index (χ0n) is 8.59. The third-order valence-electron chi connectivity index (χ3n) is 2.23. The number of nitrogens with zero attached hydrogens (tertiary/aromatic N) is 1. The third-order valence-corrected chi connectivity index (χ3v) is 2.23. The van der Waals surface area contributed by atoms with Crippen molar-refractivity contribution in [2.45, 2.75) is 0 Å². The van der Waals surface area contributed by atoms with Gasteiger partial charge in [0, 0.05) is 5.56 Å². The molecule has 0 saturated carbocycles. The molecule has 4 nitrogen and oxygen atoms in total. The number of carbonyl (C=O) groups is 1. The normalized spacial score (nSPS) is 10.2. The molecular weight excluding hydrogens is 225 g/mol. The zero-order valence-corrected chi connectivity index (χ0v) is 8.59. The van der Waals surface area contributed by atoms with Crippen molar-refractivity contribution in [3.63, 3.8) is 0 Å². The largest absolute Gasteiger partial charge is 0.505 e. The lowest BCUT2D eigenvalue weighted by Crippen LogP contribution is -1.98. The number of rotatable bonds is 2. The van der Waals surface area contributed by atoms with Gasteiger partial charge in [-0.05, 0) is 18.2 Å². The SMILES string of the molecule is O=C(O)c1cc(-c2cccc(F)c2)ncc1O. The lowest BCUT2D eigenvalue weighted by atomic mass is 10.1. The van der Waals surface area contributed by atoms with Crippen LogP contribution in [0.15, 0.2) is 36.5 Å². The number of aromatic nitrogens is 1. The first-order valence-electron chi connectivity index (χ1n) is 4.76. The predicted octanol–water partition coefficient (Wildman–Crippen LogP) is 2.29. The fourth-order valence-corrected chi connectivity index (χ4v) is 1.43. The highest BCUT2D eigenvalue weighted by atomic mass is 19.1. The van der Waals surface area contributed by atoms with Crippen LogP contribution in [0, 0.1) is 5.82 Å². The van der Waals surface area contributed by atoms with Gasteiger partial charge >= 0.3 is 5.97 Å². The highest BCUT2D eigenvalue weighted by molar-refractivity contribution is 5.91. The Morgan fingerprint density at radius 3 is 2.71 bits per heavy atom. The summed E-state index contributed by atoms with van der Waals surface area (Å²) in [5.41, 5.74) is 0.478. The highest BCUT2D eigenvalue weighted by Gasteiger charge is 2.12. The van der Waals surface area contributed by atoms with Crippen LogP contribution in [0.4, 0.5) is 4.39 Å². The standard InChI is InChI=1S/C12H8FNO3/c13-8-3-1-2-7(4-8)10-5-9(12(16)17)11(15)6-14-10/h1-6,15H,(H,16,17). The van der Waals surface area contributed by atoms with Gasteiger partial charge in [0.1, 0.15) is 17.1 Å². The Hall–Kier alpha value is -2.43. The van der Waals surface area contributed by atoms with E-state index in [4.69, 9.17) is 5.11 Å². The number of carboxylic acids is 1. The number of hydrogen-bond donors (Lipinski definition) is 2. The topological polar surface area (TPSA) is 70.4 Å². The van der Waals surface area contributed by atoms with Crippen molar-refractivity contribution in [2.75, 3.05) is 0 Å². The molecular formula is C12H8FNO3. The Morgan fingerprint density at radius 1 is 1.29 bits per heavy atom.